The van der Waals surface area contributed by atoms with E-state index in [9.17, 15) is 4.79 Å². The lowest BCUT2D eigenvalue weighted by Gasteiger charge is -2.05. The average molecular weight is 188 g/mol. The molecule has 0 saturated heterocycles. The third-order valence-electron chi connectivity index (χ3n) is 1.18. The van der Waals surface area contributed by atoms with E-state index in [2.05, 4.69) is 6.58 Å². The van der Waals surface area contributed by atoms with Crippen LogP contribution in [-0.4, -0.2) is 32.6 Å². The molecule has 76 valence electrons. The fraction of sp³-hybridized carbons (Fsp3) is 0.667. The van der Waals surface area contributed by atoms with Crippen LogP contribution in [0.3, 0.4) is 0 Å². The summed E-state index contributed by atoms with van der Waals surface area (Å²) in [7, 11) is 0. The minimum Gasteiger partial charge on any atom is -0.460 e. The molecule has 0 radical (unpaired) electrons. The first-order valence-electron chi connectivity index (χ1n) is 4.16. The first-order valence-corrected chi connectivity index (χ1v) is 4.16. The van der Waals surface area contributed by atoms with Crippen LogP contribution < -0.4 is 0 Å². The van der Waals surface area contributed by atoms with Crippen molar-refractivity contribution in [1.29, 1.82) is 0 Å². The second-order valence-corrected chi connectivity index (χ2v) is 2.44. The van der Waals surface area contributed by atoms with E-state index < -0.39 is 0 Å². The number of hydrogen-bond donors (Lipinski definition) is 0. The summed E-state index contributed by atoms with van der Waals surface area (Å²) in [5.41, 5.74) is 0.393. The fourth-order valence-electron chi connectivity index (χ4n) is 0.518. The minimum absolute atomic E-state index is 0.235. The largest absolute Gasteiger partial charge is 0.460 e. The first kappa shape index (κ1) is 12.1. The van der Waals surface area contributed by atoms with Gasteiger partial charge in [0, 0.05) is 12.2 Å². The standard InChI is InChI=1S/C9H16O4/c1-4-11-7-12-5-6-13-9(10)8(2)3/h2,4-7H2,1,3H3. The lowest BCUT2D eigenvalue weighted by atomic mass is 10.4. The Morgan fingerprint density at radius 2 is 2.00 bits per heavy atom. The predicted molar refractivity (Wildman–Crippen MR) is 48.2 cm³/mol. The molecule has 0 N–H and O–H groups in total. The zero-order valence-corrected chi connectivity index (χ0v) is 8.17. The third kappa shape index (κ3) is 7.49. The van der Waals surface area contributed by atoms with E-state index in [1.807, 2.05) is 6.92 Å². The van der Waals surface area contributed by atoms with Crippen LogP contribution in [0, 0.1) is 0 Å². The molecule has 0 aliphatic heterocycles. The summed E-state index contributed by atoms with van der Waals surface area (Å²) < 4.78 is 14.6. The molecule has 0 unspecified atom stereocenters. The van der Waals surface area contributed by atoms with Crippen molar-refractivity contribution in [1.82, 2.24) is 0 Å². The monoisotopic (exact) mass is 188 g/mol. The molecular formula is C9H16O4. The van der Waals surface area contributed by atoms with Gasteiger partial charge >= 0.3 is 5.97 Å². The Kier molecular flexibility index (Phi) is 7.24. The summed E-state index contributed by atoms with van der Waals surface area (Å²) in [4.78, 5) is 10.8. The van der Waals surface area contributed by atoms with Crippen LogP contribution in [0.2, 0.25) is 0 Å². The summed E-state index contributed by atoms with van der Waals surface area (Å²) in [6.45, 7) is 8.36. The van der Waals surface area contributed by atoms with E-state index in [-0.39, 0.29) is 19.4 Å². The van der Waals surface area contributed by atoms with Gasteiger partial charge in [-0.15, -0.1) is 0 Å². The maximum atomic E-state index is 10.8. The molecule has 0 amide bonds. The molecule has 0 atom stereocenters. The highest BCUT2D eigenvalue weighted by Crippen LogP contribution is 1.91. The number of ether oxygens (including phenoxy) is 3. The third-order valence-corrected chi connectivity index (χ3v) is 1.18. The molecule has 0 aromatic heterocycles. The molecule has 0 saturated carbocycles. The van der Waals surface area contributed by atoms with Crippen LogP contribution in [-0.2, 0) is 19.0 Å². The van der Waals surface area contributed by atoms with Crippen molar-refractivity contribution in [2.45, 2.75) is 13.8 Å². The normalized spacial score (nSPS) is 9.69. The molecule has 0 rings (SSSR count). The van der Waals surface area contributed by atoms with Crippen molar-refractivity contribution >= 4 is 5.97 Å². The maximum Gasteiger partial charge on any atom is 0.333 e. The van der Waals surface area contributed by atoms with Crippen molar-refractivity contribution in [2.24, 2.45) is 0 Å². The van der Waals surface area contributed by atoms with E-state index >= 15 is 0 Å². The Morgan fingerprint density at radius 3 is 2.54 bits per heavy atom. The van der Waals surface area contributed by atoms with Gasteiger partial charge < -0.3 is 14.2 Å². The smallest absolute Gasteiger partial charge is 0.333 e. The molecule has 13 heavy (non-hydrogen) atoms. The zero-order valence-electron chi connectivity index (χ0n) is 8.17. The minimum atomic E-state index is -0.389. The van der Waals surface area contributed by atoms with E-state index in [4.69, 9.17) is 14.2 Å². The van der Waals surface area contributed by atoms with Crippen molar-refractivity contribution in [2.75, 3.05) is 26.6 Å². The maximum absolute atomic E-state index is 10.8. The molecule has 0 aromatic rings. The highest BCUT2D eigenvalue weighted by Gasteiger charge is 2.01. The summed E-state index contributed by atoms with van der Waals surface area (Å²) in [5.74, 6) is -0.389. The van der Waals surface area contributed by atoms with E-state index in [1.165, 1.54) is 0 Å². The van der Waals surface area contributed by atoms with Gasteiger partial charge in [0.05, 0.1) is 6.61 Å². The molecule has 0 aromatic carbocycles. The highest BCUT2D eigenvalue weighted by molar-refractivity contribution is 5.86. The van der Waals surface area contributed by atoms with Crippen molar-refractivity contribution in [3.63, 3.8) is 0 Å². The fourth-order valence-corrected chi connectivity index (χ4v) is 0.518. The number of carbonyl (C=O) groups excluding carboxylic acids is 1. The number of rotatable bonds is 7. The van der Waals surface area contributed by atoms with Gasteiger partial charge in [0.2, 0.25) is 0 Å². The Balaban J connectivity index is 3.16. The molecule has 0 aliphatic carbocycles. The van der Waals surface area contributed by atoms with Gasteiger partial charge in [-0.1, -0.05) is 6.58 Å². The van der Waals surface area contributed by atoms with E-state index in [0.717, 1.165) is 0 Å². The Hall–Kier alpha value is -0.870. The first-order chi connectivity index (χ1) is 6.18. The molecule has 0 bridgehead atoms. The summed E-state index contributed by atoms with van der Waals surface area (Å²) in [6, 6.07) is 0. The van der Waals surface area contributed by atoms with Gasteiger partial charge in [-0.2, -0.15) is 0 Å². The van der Waals surface area contributed by atoms with Crippen LogP contribution in [0.15, 0.2) is 12.2 Å². The van der Waals surface area contributed by atoms with Crippen LogP contribution in [0.4, 0.5) is 0 Å². The number of carbonyl (C=O) groups is 1. The second kappa shape index (κ2) is 7.76. The molecule has 0 aliphatic rings. The Labute approximate surface area is 78.5 Å². The highest BCUT2D eigenvalue weighted by atomic mass is 16.7. The number of esters is 1. The van der Waals surface area contributed by atoms with Crippen molar-refractivity contribution in [3.8, 4) is 0 Å². The Morgan fingerprint density at radius 1 is 1.31 bits per heavy atom. The van der Waals surface area contributed by atoms with Gasteiger partial charge in [-0.25, -0.2) is 4.79 Å². The molecule has 4 heteroatoms. The van der Waals surface area contributed by atoms with Crippen LogP contribution in [0.5, 0.6) is 0 Å². The van der Waals surface area contributed by atoms with Gasteiger partial charge in [0.1, 0.15) is 13.4 Å². The SMILES string of the molecule is C=C(C)C(=O)OCCOCOCC. The van der Waals surface area contributed by atoms with Crippen molar-refractivity contribution < 1.29 is 19.0 Å². The molecule has 0 fully saturated rings. The number of hydrogen-bond acceptors (Lipinski definition) is 4. The Bertz CT molecular complexity index is 165. The van der Waals surface area contributed by atoms with Gasteiger partial charge in [-0.3, -0.25) is 0 Å². The average Bonchev–Trinajstić information content (AvgIpc) is 2.10. The van der Waals surface area contributed by atoms with Gasteiger partial charge in [-0.05, 0) is 13.8 Å². The second-order valence-electron chi connectivity index (χ2n) is 2.44. The van der Waals surface area contributed by atoms with E-state index in [0.29, 0.717) is 18.8 Å². The summed E-state index contributed by atoms with van der Waals surface area (Å²) in [6.07, 6.45) is 0. The zero-order chi connectivity index (χ0) is 10.1. The molecular weight excluding hydrogens is 172 g/mol. The van der Waals surface area contributed by atoms with Gasteiger partial charge in [0.15, 0.2) is 0 Å². The molecule has 0 heterocycles. The topological polar surface area (TPSA) is 44.8 Å². The molecule has 0 spiro atoms. The van der Waals surface area contributed by atoms with Gasteiger partial charge in [0.25, 0.3) is 0 Å². The quantitative estimate of drug-likeness (QED) is 0.260. The van der Waals surface area contributed by atoms with Crippen LogP contribution >= 0.6 is 0 Å². The lowest BCUT2D eigenvalue weighted by Crippen LogP contribution is -2.12. The summed E-state index contributed by atoms with van der Waals surface area (Å²) in [5, 5.41) is 0. The lowest BCUT2D eigenvalue weighted by molar-refractivity contribution is -0.142. The summed E-state index contributed by atoms with van der Waals surface area (Å²) >= 11 is 0. The van der Waals surface area contributed by atoms with Crippen LogP contribution in [0.1, 0.15) is 13.8 Å². The van der Waals surface area contributed by atoms with E-state index in [1.54, 1.807) is 6.92 Å². The van der Waals surface area contributed by atoms with Crippen LogP contribution in [0.25, 0.3) is 0 Å². The predicted octanol–water partition coefficient (Wildman–Crippen LogP) is 1.12. The van der Waals surface area contributed by atoms with Crippen molar-refractivity contribution in [3.05, 3.63) is 12.2 Å². The molecule has 4 nitrogen and oxygen atoms in total.